The average molecular weight is 430 g/mol. The number of benzene rings is 2. The molecule has 0 aliphatic heterocycles. The van der Waals surface area contributed by atoms with Gasteiger partial charge in [0.25, 0.3) is 5.91 Å². The average Bonchev–Trinajstić information content (AvgIpc) is 2.65. The number of sulfonamides is 1. The summed E-state index contributed by atoms with van der Waals surface area (Å²) in [6.07, 6.45) is 1.95. The van der Waals surface area contributed by atoms with Gasteiger partial charge in [-0.2, -0.15) is 5.26 Å². The molecule has 2 aromatic rings. The van der Waals surface area contributed by atoms with Gasteiger partial charge in [-0.1, -0.05) is 6.07 Å². The standard InChI is InChI=1S/C20H22N4O5S/c1-14(25)22-16-8-9-19(24-30(2,27)28)18(13-16)20(26)23-15-6-5-7-17(12-15)29-11-4-3-10-21/h5-9,12-13,24H,3-4,11H2,1-2H3,(H,22,25)(H,23,26). The molecule has 0 spiro atoms. The number of amides is 2. The van der Waals surface area contributed by atoms with E-state index in [0.29, 0.717) is 36.6 Å². The number of carbonyl (C=O) groups is 2. The molecule has 0 saturated carbocycles. The molecule has 0 unspecified atom stereocenters. The third-order valence-corrected chi connectivity index (χ3v) is 4.26. The Kier molecular flexibility index (Phi) is 7.77. The first-order valence-electron chi connectivity index (χ1n) is 8.98. The molecule has 0 aromatic heterocycles. The van der Waals surface area contributed by atoms with Crippen LogP contribution in [0.1, 0.15) is 30.1 Å². The Morgan fingerprint density at radius 3 is 2.50 bits per heavy atom. The third kappa shape index (κ3) is 7.44. The number of anilines is 3. The lowest BCUT2D eigenvalue weighted by molar-refractivity contribution is -0.114. The molecule has 158 valence electrons. The fraction of sp³-hybridized carbons (Fsp3) is 0.250. The molecule has 9 nitrogen and oxygen atoms in total. The van der Waals surface area contributed by atoms with Crippen LogP contribution < -0.4 is 20.1 Å². The van der Waals surface area contributed by atoms with E-state index < -0.39 is 15.9 Å². The Morgan fingerprint density at radius 2 is 1.83 bits per heavy atom. The van der Waals surface area contributed by atoms with Crippen LogP contribution in [0.5, 0.6) is 5.75 Å². The molecule has 0 aliphatic carbocycles. The maximum atomic E-state index is 12.8. The van der Waals surface area contributed by atoms with Crippen LogP contribution in [0.15, 0.2) is 42.5 Å². The molecule has 0 bridgehead atoms. The van der Waals surface area contributed by atoms with E-state index in [1.165, 1.54) is 25.1 Å². The molecule has 0 radical (unpaired) electrons. The smallest absolute Gasteiger partial charge is 0.257 e. The summed E-state index contributed by atoms with van der Waals surface area (Å²) in [5.41, 5.74) is 0.898. The van der Waals surface area contributed by atoms with Gasteiger partial charge in [-0.25, -0.2) is 8.42 Å². The van der Waals surface area contributed by atoms with Gasteiger partial charge in [0.15, 0.2) is 0 Å². The van der Waals surface area contributed by atoms with Crippen molar-refractivity contribution >= 4 is 38.9 Å². The molecule has 2 amide bonds. The van der Waals surface area contributed by atoms with E-state index >= 15 is 0 Å². The minimum absolute atomic E-state index is 0.0343. The predicted octanol–water partition coefficient (Wildman–Crippen LogP) is 2.95. The SMILES string of the molecule is CC(=O)Nc1ccc(NS(C)(=O)=O)c(C(=O)Nc2cccc(OCCCC#N)c2)c1. The van der Waals surface area contributed by atoms with E-state index in [1.54, 1.807) is 24.3 Å². The van der Waals surface area contributed by atoms with E-state index in [9.17, 15) is 18.0 Å². The second-order valence-corrected chi connectivity index (χ2v) is 8.16. The molecular formula is C20H22N4O5S. The van der Waals surface area contributed by atoms with E-state index in [4.69, 9.17) is 10.00 Å². The Labute approximate surface area is 175 Å². The van der Waals surface area contributed by atoms with Crippen LogP contribution in [0.2, 0.25) is 0 Å². The summed E-state index contributed by atoms with van der Waals surface area (Å²) in [6.45, 7) is 1.69. The summed E-state index contributed by atoms with van der Waals surface area (Å²) in [7, 11) is -3.62. The molecule has 2 aromatic carbocycles. The van der Waals surface area contributed by atoms with Crippen molar-refractivity contribution in [3.05, 3.63) is 48.0 Å². The Balaban J connectivity index is 2.24. The second-order valence-electron chi connectivity index (χ2n) is 6.41. The van der Waals surface area contributed by atoms with Crippen LogP contribution in [-0.4, -0.2) is 33.1 Å². The maximum absolute atomic E-state index is 12.8. The first-order valence-corrected chi connectivity index (χ1v) is 10.9. The van der Waals surface area contributed by atoms with Crippen molar-refractivity contribution in [2.45, 2.75) is 19.8 Å². The van der Waals surface area contributed by atoms with Gasteiger partial charge in [0.05, 0.1) is 30.2 Å². The summed E-state index contributed by atoms with van der Waals surface area (Å²) in [6, 6.07) is 13.0. The lowest BCUT2D eigenvalue weighted by Crippen LogP contribution is -2.18. The monoisotopic (exact) mass is 430 g/mol. The number of carbonyl (C=O) groups excluding carboxylic acids is 2. The van der Waals surface area contributed by atoms with Gasteiger partial charge in [0.2, 0.25) is 15.9 Å². The lowest BCUT2D eigenvalue weighted by Gasteiger charge is -2.14. The van der Waals surface area contributed by atoms with Gasteiger partial charge in [-0.05, 0) is 36.8 Å². The van der Waals surface area contributed by atoms with Gasteiger partial charge < -0.3 is 15.4 Å². The van der Waals surface area contributed by atoms with Crippen LogP contribution in [0.3, 0.4) is 0 Å². The molecule has 0 aliphatic rings. The molecule has 0 saturated heterocycles. The van der Waals surface area contributed by atoms with Crippen LogP contribution in [0.25, 0.3) is 0 Å². The Bertz CT molecular complexity index is 1080. The summed E-state index contributed by atoms with van der Waals surface area (Å²) >= 11 is 0. The van der Waals surface area contributed by atoms with Gasteiger partial charge in [-0.15, -0.1) is 0 Å². The van der Waals surface area contributed by atoms with E-state index in [-0.39, 0.29) is 17.2 Å². The number of nitrogens with one attached hydrogen (secondary N) is 3. The molecule has 0 heterocycles. The molecule has 10 heteroatoms. The first kappa shape index (κ1) is 22.7. The number of rotatable bonds is 9. The fourth-order valence-electron chi connectivity index (χ4n) is 2.51. The molecule has 0 atom stereocenters. The quantitative estimate of drug-likeness (QED) is 0.523. The van der Waals surface area contributed by atoms with Crippen LogP contribution >= 0.6 is 0 Å². The predicted molar refractivity (Wildman–Crippen MR) is 114 cm³/mol. The van der Waals surface area contributed by atoms with Gasteiger partial charge >= 0.3 is 0 Å². The third-order valence-electron chi connectivity index (χ3n) is 3.67. The summed E-state index contributed by atoms with van der Waals surface area (Å²) in [4.78, 5) is 24.1. The van der Waals surface area contributed by atoms with E-state index in [1.807, 2.05) is 6.07 Å². The molecule has 30 heavy (non-hydrogen) atoms. The van der Waals surface area contributed by atoms with Crippen LogP contribution in [0, 0.1) is 11.3 Å². The highest BCUT2D eigenvalue weighted by Crippen LogP contribution is 2.24. The lowest BCUT2D eigenvalue weighted by atomic mass is 10.1. The number of nitriles is 1. The number of hydrogen-bond acceptors (Lipinski definition) is 6. The van der Waals surface area contributed by atoms with E-state index in [0.717, 1.165) is 6.26 Å². The summed E-state index contributed by atoms with van der Waals surface area (Å²) < 4.78 is 31.1. The normalized spacial score (nSPS) is 10.6. The minimum atomic E-state index is -3.62. The van der Waals surface area contributed by atoms with Crippen molar-refractivity contribution in [2.24, 2.45) is 0 Å². The number of hydrogen-bond donors (Lipinski definition) is 3. The zero-order chi connectivity index (χ0) is 22.1. The first-order chi connectivity index (χ1) is 14.2. The number of ether oxygens (including phenoxy) is 1. The highest BCUT2D eigenvalue weighted by molar-refractivity contribution is 7.92. The van der Waals surface area contributed by atoms with Gasteiger partial charge in [0, 0.05) is 30.8 Å². The van der Waals surface area contributed by atoms with E-state index in [2.05, 4.69) is 15.4 Å². The summed E-state index contributed by atoms with van der Waals surface area (Å²) in [5.74, 6) is -0.381. The molecule has 0 fully saturated rings. The second kappa shape index (κ2) is 10.3. The van der Waals surface area contributed by atoms with Gasteiger partial charge in [0.1, 0.15) is 5.75 Å². The van der Waals surface area contributed by atoms with Gasteiger partial charge in [-0.3, -0.25) is 14.3 Å². The van der Waals surface area contributed by atoms with Crippen LogP contribution in [-0.2, 0) is 14.8 Å². The Morgan fingerprint density at radius 1 is 1.10 bits per heavy atom. The largest absolute Gasteiger partial charge is 0.493 e. The highest BCUT2D eigenvalue weighted by Gasteiger charge is 2.16. The van der Waals surface area contributed by atoms with Crippen molar-refractivity contribution in [1.29, 1.82) is 5.26 Å². The molecular weight excluding hydrogens is 408 g/mol. The highest BCUT2D eigenvalue weighted by atomic mass is 32.2. The fourth-order valence-corrected chi connectivity index (χ4v) is 3.08. The van der Waals surface area contributed by atoms with Crippen LogP contribution in [0.4, 0.5) is 17.1 Å². The zero-order valence-corrected chi connectivity index (χ0v) is 17.4. The maximum Gasteiger partial charge on any atom is 0.257 e. The zero-order valence-electron chi connectivity index (χ0n) is 16.6. The van der Waals surface area contributed by atoms with Crippen molar-refractivity contribution in [3.63, 3.8) is 0 Å². The number of nitrogens with zero attached hydrogens (tertiary/aromatic N) is 1. The summed E-state index contributed by atoms with van der Waals surface area (Å²) in [5, 5.41) is 13.8. The minimum Gasteiger partial charge on any atom is -0.493 e. The molecule has 2 rings (SSSR count). The molecule has 3 N–H and O–H groups in total. The van der Waals surface area contributed by atoms with Crippen molar-refractivity contribution in [3.8, 4) is 11.8 Å². The van der Waals surface area contributed by atoms with Crippen molar-refractivity contribution in [1.82, 2.24) is 0 Å². The number of unbranched alkanes of at least 4 members (excludes halogenated alkanes) is 1. The van der Waals surface area contributed by atoms with Crippen molar-refractivity contribution < 1.29 is 22.7 Å². The topological polar surface area (TPSA) is 137 Å². The Hall–Kier alpha value is -3.58. The van der Waals surface area contributed by atoms with Crippen molar-refractivity contribution in [2.75, 3.05) is 28.2 Å².